The average Bonchev–Trinajstić information content (AvgIpc) is 2.47. The number of fused-ring (bicyclic) bond motifs is 1. The molecule has 2 aromatic rings. The molecule has 1 aliphatic heterocycles. The zero-order valence-corrected chi connectivity index (χ0v) is 11.2. The second-order valence-electron chi connectivity index (χ2n) is 5.10. The van der Waals surface area contributed by atoms with Gasteiger partial charge in [0, 0.05) is 17.2 Å². The lowest BCUT2D eigenvalue weighted by Gasteiger charge is -2.34. The number of ether oxygens (including phenoxy) is 1. The van der Waals surface area contributed by atoms with Crippen LogP contribution >= 0.6 is 0 Å². The second kappa shape index (κ2) is 4.97. The van der Waals surface area contributed by atoms with E-state index in [2.05, 4.69) is 0 Å². The van der Waals surface area contributed by atoms with Crippen molar-refractivity contribution in [1.82, 2.24) is 0 Å². The van der Waals surface area contributed by atoms with Crippen LogP contribution in [0.5, 0.6) is 28.7 Å². The van der Waals surface area contributed by atoms with Gasteiger partial charge in [0.15, 0.2) is 23.4 Å². The molecule has 0 fully saturated rings. The van der Waals surface area contributed by atoms with Crippen LogP contribution in [0.25, 0.3) is 0 Å². The largest absolute Gasteiger partial charge is 0.508 e. The Hall–Kier alpha value is -2.64. The molecule has 3 rings (SSSR count). The Morgan fingerprint density at radius 2 is 1.50 bits per heavy atom. The van der Waals surface area contributed by atoms with E-state index in [4.69, 9.17) is 4.74 Å². The van der Waals surface area contributed by atoms with Crippen molar-refractivity contribution in [3.63, 3.8) is 0 Å². The number of rotatable bonds is 1. The fourth-order valence-electron chi connectivity index (χ4n) is 2.48. The molecule has 2 aromatic carbocycles. The van der Waals surface area contributed by atoms with Gasteiger partial charge in [-0.05, 0) is 24.3 Å². The van der Waals surface area contributed by atoms with E-state index in [9.17, 15) is 30.6 Å². The molecule has 22 heavy (non-hydrogen) atoms. The summed E-state index contributed by atoms with van der Waals surface area (Å²) in [5.74, 6) is -1.75. The third kappa shape index (κ3) is 2.16. The molecule has 0 saturated carbocycles. The van der Waals surface area contributed by atoms with Crippen LogP contribution < -0.4 is 4.74 Å². The van der Waals surface area contributed by atoms with Gasteiger partial charge >= 0.3 is 0 Å². The minimum atomic E-state index is -1.36. The van der Waals surface area contributed by atoms with Crippen LogP contribution in [0.15, 0.2) is 30.3 Å². The first-order valence-corrected chi connectivity index (χ1v) is 6.49. The highest BCUT2D eigenvalue weighted by molar-refractivity contribution is 5.52. The monoisotopic (exact) mass is 306 g/mol. The second-order valence-corrected chi connectivity index (χ2v) is 5.10. The highest BCUT2D eigenvalue weighted by atomic mass is 16.5. The van der Waals surface area contributed by atoms with Gasteiger partial charge in [-0.3, -0.25) is 0 Å². The van der Waals surface area contributed by atoms with E-state index in [-0.39, 0.29) is 17.1 Å². The van der Waals surface area contributed by atoms with Gasteiger partial charge in [-0.25, -0.2) is 0 Å². The first-order chi connectivity index (χ1) is 10.4. The van der Waals surface area contributed by atoms with Crippen molar-refractivity contribution in [3.05, 3.63) is 41.5 Å². The summed E-state index contributed by atoms with van der Waals surface area (Å²) in [7, 11) is 0. The Balaban J connectivity index is 2.06. The molecule has 0 radical (unpaired) electrons. The highest BCUT2D eigenvalue weighted by Gasteiger charge is 2.38. The van der Waals surface area contributed by atoms with E-state index >= 15 is 0 Å². The Morgan fingerprint density at radius 1 is 0.864 bits per heavy atom. The van der Waals surface area contributed by atoms with Crippen molar-refractivity contribution in [3.8, 4) is 28.7 Å². The Kier molecular flexibility index (Phi) is 3.23. The summed E-state index contributed by atoms with van der Waals surface area (Å²) in [5, 5.41) is 58.3. The molecule has 6 N–H and O–H groups in total. The summed E-state index contributed by atoms with van der Waals surface area (Å²) in [6, 6.07) is 6.31. The minimum absolute atomic E-state index is 0.0718. The zero-order chi connectivity index (χ0) is 16.0. The lowest BCUT2D eigenvalue weighted by Crippen LogP contribution is -2.34. The van der Waals surface area contributed by atoms with E-state index in [1.165, 1.54) is 18.2 Å². The molecule has 3 atom stereocenters. The first-order valence-electron chi connectivity index (χ1n) is 6.49. The van der Waals surface area contributed by atoms with Crippen molar-refractivity contribution in [2.24, 2.45) is 0 Å². The summed E-state index contributed by atoms with van der Waals surface area (Å²) in [4.78, 5) is 0. The maximum atomic E-state index is 10.2. The van der Waals surface area contributed by atoms with Crippen LogP contribution in [0.4, 0.5) is 0 Å². The summed E-state index contributed by atoms with van der Waals surface area (Å²) >= 11 is 0. The number of aliphatic hydroxyl groups excluding tert-OH is 2. The summed E-state index contributed by atoms with van der Waals surface area (Å²) < 4.78 is 5.56. The number of phenols is 4. The molecule has 1 aliphatic rings. The van der Waals surface area contributed by atoms with Gasteiger partial charge in [0.2, 0.25) is 0 Å². The molecule has 0 aliphatic carbocycles. The van der Waals surface area contributed by atoms with E-state index < -0.39 is 35.6 Å². The smallest absolute Gasteiger partial charge is 0.200 e. The van der Waals surface area contributed by atoms with E-state index in [0.717, 1.165) is 12.1 Å². The third-order valence-corrected chi connectivity index (χ3v) is 3.62. The molecule has 7 heteroatoms. The topological polar surface area (TPSA) is 131 Å². The van der Waals surface area contributed by atoms with E-state index in [0.29, 0.717) is 5.56 Å². The molecule has 7 nitrogen and oxygen atoms in total. The lowest BCUT2D eigenvalue weighted by molar-refractivity contribution is -0.0701. The SMILES string of the molecule is Oc1ccc2c(c1)OC(c1cc(O)c(O)c(O)c1)C(O)C2O. The van der Waals surface area contributed by atoms with Crippen LogP contribution in [0.1, 0.15) is 23.3 Å². The zero-order valence-electron chi connectivity index (χ0n) is 11.2. The van der Waals surface area contributed by atoms with Crippen LogP contribution in [-0.4, -0.2) is 36.7 Å². The molecule has 1 heterocycles. The normalized spacial score (nSPS) is 23.6. The van der Waals surface area contributed by atoms with Crippen molar-refractivity contribution in [1.29, 1.82) is 0 Å². The minimum Gasteiger partial charge on any atom is -0.508 e. The summed E-state index contributed by atoms with van der Waals surface area (Å²) in [6.45, 7) is 0. The molecule has 3 unspecified atom stereocenters. The molecule has 0 saturated heterocycles. The lowest BCUT2D eigenvalue weighted by atomic mass is 9.92. The van der Waals surface area contributed by atoms with Crippen molar-refractivity contribution in [2.75, 3.05) is 0 Å². The first kappa shape index (κ1) is 14.3. The van der Waals surface area contributed by atoms with E-state index in [1.54, 1.807) is 0 Å². The fourth-order valence-corrected chi connectivity index (χ4v) is 2.48. The van der Waals surface area contributed by atoms with Crippen LogP contribution in [0, 0.1) is 0 Å². The maximum absolute atomic E-state index is 10.2. The van der Waals surface area contributed by atoms with Gasteiger partial charge in [-0.2, -0.15) is 0 Å². The number of hydrogen-bond donors (Lipinski definition) is 6. The molecule has 116 valence electrons. The Labute approximate surface area is 124 Å². The molecular formula is C15H14O7. The standard InChI is InChI=1S/C15H14O7/c16-7-1-2-8-11(5-7)22-15(14(21)12(8)19)6-3-9(17)13(20)10(18)4-6/h1-5,12,14-21H. The maximum Gasteiger partial charge on any atom is 0.200 e. The van der Waals surface area contributed by atoms with Gasteiger partial charge in [0.05, 0.1) is 0 Å². The number of aliphatic hydroxyl groups is 2. The van der Waals surface area contributed by atoms with Gasteiger partial charge in [0.25, 0.3) is 0 Å². The number of benzene rings is 2. The van der Waals surface area contributed by atoms with Crippen LogP contribution in [-0.2, 0) is 0 Å². The summed E-state index contributed by atoms with van der Waals surface area (Å²) in [5.41, 5.74) is 0.474. The van der Waals surface area contributed by atoms with Crippen molar-refractivity contribution in [2.45, 2.75) is 18.3 Å². The molecular weight excluding hydrogens is 292 g/mol. The Morgan fingerprint density at radius 3 is 2.14 bits per heavy atom. The third-order valence-electron chi connectivity index (χ3n) is 3.62. The number of phenolic OH excluding ortho intramolecular Hbond substituents is 4. The van der Waals surface area contributed by atoms with Crippen molar-refractivity contribution >= 4 is 0 Å². The van der Waals surface area contributed by atoms with Crippen LogP contribution in [0.2, 0.25) is 0 Å². The fraction of sp³-hybridized carbons (Fsp3) is 0.200. The highest BCUT2D eigenvalue weighted by Crippen LogP contribution is 2.45. The van der Waals surface area contributed by atoms with Gasteiger partial charge in [-0.15, -0.1) is 0 Å². The Bertz CT molecular complexity index is 705. The molecule has 0 amide bonds. The van der Waals surface area contributed by atoms with Gasteiger partial charge in [-0.1, -0.05) is 0 Å². The molecule has 0 aromatic heterocycles. The average molecular weight is 306 g/mol. The van der Waals surface area contributed by atoms with Gasteiger partial charge < -0.3 is 35.4 Å². The van der Waals surface area contributed by atoms with E-state index in [1.807, 2.05) is 0 Å². The molecule has 0 spiro atoms. The quantitative estimate of drug-likeness (QED) is 0.434. The van der Waals surface area contributed by atoms with Crippen LogP contribution in [0.3, 0.4) is 0 Å². The predicted octanol–water partition coefficient (Wildman–Crippen LogP) is 1.04. The van der Waals surface area contributed by atoms with Gasteiger partial charge in [0.1, 0.15) is 23.7 Å². The summed E-state index contributed by atoms with van der Waals surface area (Å²) in [6.07, 6.45) is -3.73. The number of hydrogen-bond acceptors (Lipinski definition) is 7. The predicted molar refractivity (Wildman–Crippen MR) is 73.9 cm³/mol. The number of aromatic hydroxyl groups is 4. The van der Waals surface area contributed by atoms with Crippen molar-refractivity contribution < 1.29 is 35.4 Å². The molecule has 0 bridgehead atoms.